The number of piperidine rings is 1. The van der Waals surface area contributed by atoms with Crippen molar-refractivity contribution in [1.82, 2.24) is 5.32 Å². The van der Waals surface area contributed by atoms with Crippen LogP contribution in [0.15, 0.2) is 24.3 Å². The van der Waals surface area contributed by atoms with Crippen LogP contribution in [0.5, 0.6) is 5.75 Å². The fourth-order valence-electron chi connectivity index (χ4n) is 3.16. The van der Waals surface area contributed by atoms with Crippen molar-refractivity contribution in [2.24, 2.45) is 0 Å². The molecule has 2 heterocycles. The van der Waals surface area contributed by atoms with E-state index in [1.165, 1.54) is 0 Å². The van der Waals surface area contributed by atoms with E-state index in [2.05, 4.69) is 10.2 Å². The maximum atomic E-state index is 11.7. The van der Waals surface area contributed by atoms with Gasteiger partial charge in [0.1, 0.15) is 11.9 Å². The molecule has 2 fully saturated rings. The lowest BCUT2D eigenvalue weighted by atomic mass is 9.88. The minimum Gasteiger partial charge on any atom is -0.508 e. The second-order valence-corrected chi connectivity index (χ2v) is 5.92. The van der Waals surface area contributed by atoms with Crippen molar-refractivity contribution in [3.8, 4) is 5.75 Å². The van der Waals surface area contributed by atoms with Gasteiger partial charge in [0, 0.05) is 25.3 Å². The summed E-state index contributed by atoms with van der Waals surface area (Å²) in [5, 5.41) is 12.3. The third-order valence-electron chi connectivity index (χ3n) is 4.53. The van der Waals surface area contributed by atoms with E-state index in [4.69, 9.17) is 4.74 Å². The van der Waals surface area contributed by atoms with Crippen molar-refractivity contribution < 1.29 is 14.6 Å². The van der Waals surface area contributed by atoms with Crippen LogP contribution in [-0.4, -0.2) is 42.4 Å². The third-order valence-corrected chi connectivity index (χ3v) is 4.53. The number of benzene rings is 1. The second kappa shape index (κ2) is 5.56. The first-order valence-electron chi connectivity index (χ1n) is 7.61. The smallest absolute Gasteiger partial charge is 0.249 e. The number of ether oxygens (including phenoxy) is 1. The molecule has 3 rings (SSSR count). The zero-order chi connectivity index (χ0) is 14.9. The van der Waals surface area contributed by atoms with Gasteiger partial charge in [0.25, 0.3) is 0 Å². The van der Waals surface area contributed by atoms with Gasteiger partial charge in [0.2, 0.25) is 5.91 Å². The van der Waals surface area contributed by atoms with Gasteiger partial charge in [-0.25, -0.2) is 0 Å². The fourth-order valence-corrected chi connectivity index (χ4v) is 3.16. The van der Waals surface area contributed by atoms with Gasteiger partial charge >= 0.3 is 0 Å². The number of anilines is 1. The van der Waals surface area contributed by atoms with E-state index in [0.29, 0.717) is 6.54 Å². The van der Waals surface area contributed by atoms with Crippen molar-refractivity contribution in [3.05, 3.63) is 24.3 Å². The van der Waals surface area contributed by atoms with Crippen molar-refractivity contribution in [2.45, 2.75) is 37.9 Å². The molecule has 1 aromatic carbocycles. The zero-order valence-corrected chi connectivity index (χ0v) is 12.3. The van der Waals surface area contributed by atoms with E-state index >= 15 is 0 Å². The van der Waals surface area contributed by atoms with Gasteiger partial charge < -0.3 is 20.1 Å². The molecule has 2 N–H and O–H groups in total. The first kappa shape index (κ1) is 14.2. The summed E-state index contributed by atoms with van der Waals surface area (Å²) in [6.45, 7) is 4.40. The first-order chi connectivity index (χ1) is 10.1. The Bertz CT molecular complexity index is 507. The minimum atomic E-state index is -0.307. The summed E-state index contributed by atoms with van der Waals surface area (Å²) in [6, 6.07) is 7.30. The monoisotopic (exact) mass is 290 g/mol. The molecule has 2 aliphatic rings. The van der Waals surface area contributed by atoms with Crippen LogP contribution in [0.1, 0.15) is 26.2 Å². The number of carbonyl (C=O) groups excluding carboxylic acids is 1. The van der Waals surface area contributed by atoms with Gasteiger partial charge in [-0.15, -0.1) is 0 Å². The number of nitrogens with one attached hydrogen (secondary N) is 1. The molecular weight excluding hydrogens is 268 g/mol. The molecule has 0 bridgehead atoms. The summed E-state index contributed by atoms with van der Waals surface area (Å²) in [5.41, 5.74) is 0.914. The summed E-state index contributed by atoms with van der Waals surface area (Å²) in [5.74, 6) is 0.306. The molecule has 1 atom stereocenters. The molecule has 1 unspecified atom stereocenters. The lowest BCUT2D eigenvalue weighted by Gasteiger charge is -2.46. The molecule has 2 aliphatic heterocycles. The highest BCUT2D eigenvalue weighted by Crippen LogP contribution is 2.32. The highest BCUT2D eigenvalue weighted by molar-refractivity contribution is 5.81. The zero-order valence-electron chi connectivity index (χ0n) is 12.3. The standard InChI is InChI=1S/C16H22N2O3/c1-2-14-15(20)17-11-16(21-14)7-9-18(10-8-16)12-3-5-13(19)6-4-12/h3-6,14,19H,2,7-11H2,1H3,(H,17,20). The summed E-state index contributed by atoms with van der Waals surface area (Å²) in [6.07, 6.45) is 2.23. The lowest BCUT2D eigenvalue weighted by Crippen LogP contribution is -2.60. The Balaban J connectivity index is 1.64. The second-order valence-electron chi connectivity index (χ2n) is 5.92. The topological polar surface area (TPSA) is 61.8 Å². The number of hydrogen-bond acceptors (Lipinski definition) is 4. The molecule has 2 saturated heterocycles. The van der Waals surface area contributed by atoms with Gasteiger partial charge in [-0.2, -0.15) is 0 Å². The molecule has 0 aromatic heterocycles. The van der Waals surface area contributed by atoms with Crippen LogP contribution in [0, 0.1) is 0 Å². The molecule has 5 heteroatoms. The van der Waals surface area contributed by atoms with Crippen LogP contribution in [-0.2, 0) is 9.53 Å². The molecule has 1 spiro atoms. The van der Waals surface area contributed by atoms with E-state index in [1.807, 2.05) is 19.1 Å². The Hall–Kier alpha value is -1.75. The normalized spacial score (nSPS) is 24.9. The average molecular weight is 290 g/mol. The van der Waals surface area contributed by atoms with Gasteiger partial charge in [-0.1, -0.05) is 6.92 Å². The molecule has 0 aliphatic carbocycles. The molecule has 0 radical (unpaired) electrons. The number of hydrogen-bond donors (Lipinski definition) is 2. The van der Waals surface area contributed by atoms with Gasteiger partial charge in [-0.05, 0) is 43.5 Å². The first-order valence-corrected chi connectivity index (χ1v) is 7.61. The maximum Gasteiger partial charge on any atom is 0.249 e. The maximum absolute atomic E-state index is 11.7. The highest BCUT2D eigenvalue weighted by Gasteiger charge is 2.42. The summed E-state index contributed by atoms with van der Waals surface area (Å²) < 4.78 is 6.10. The quantitative estimate of drug-likeness (QED) is 0.869. The Morgan fingerprint density at radius 1 is 1.33 bits per heavy atom. The lowest BCUT2D eigenvalue weighted by molar-refractivity contribution is -0.165. The van der Waals surface area contributed by atoms with Crippen LogP contribution < -0.4 is 10.2 Å². The van der Waals surface area contributed by atoms with E-state index in [0.717, 1.165) is 38.0 Å². The average Bonchev–Trinajstić information content (AvgIpc) is 2.52. The minimum absolute atomic E-state index is 0.0177. The van der Waals surface area contributed by atoms with Gasteiger partial charge in [0.05, 0.1) is 5.60 Å². The third kappa shape index (κ3) is 2.83. The Labute approximate surface area is 124 Å². The molecule has 1 aromatic rings. The fraction of sp³-hybridized carbons (Fsp3) is 0.562. The molecule has 1 amide bonds. The van der Waals surface area contributed by atoms with Gasteiger partial charge in [-0.3, -0.25) is 4.79 Å². The predicted molar refractivity (Wildman–Crippen MR) is 80.5 cm³/mol. The highest BCUT2D eigenvalue weighted by atomic mass is 16.5. The summed E-state index contributed by atoms with van der Waals surface area (Å²) >= 11 is 0. The van der Waals surface area contributed by atoms with Crippen molar-refractivity contribution >= 4 is 11.6 Å². The van der Waals surface area contributed by atoms with Crippen LogP contribution in [0.25, 0.3) is 0 Å². The van der Waals surface area contributed by atoms with E-state index in [-0.39, 0.29) is 23.4 Å². The summed E-state index contributed by atoms with van der Waals surface area (Å²) in [7, 11) is 0. The van der Waals surface area contributed by atoms with Crippen LogP contribution in [0.2, 0.25) is 0 Å². The molecule has 5 nitrogen and oxygen atoms in total. The number of phenols is 1. The number of amides is 1. The molecule has 114 valence electrons. The van der Waals surface area contributed by atoms with E-state index in [9.17, 15) is 9.90 Å². The van der Waals surface area contributed by atoms with Gasteiger partial charge in [0.15, 0.2) is 0 Å². The largest absolute Gasteiger partial charge is 0.508 e. The SMILES string of the molecule is CCC1OC2(CCN(c3ccc(O)cc3)CC2)CNC1=O. The van der Waals surface area contributed by atoms with E-state index < -0.39 is 0 Å². The number of rotatable bonds is 2. The van der Waals surface area contributed by atoms with Crippen molar-refractivity contribution in [2.75, 3.05) is 24.5 Å². The number of nitrogens with zero attached hydrogens (tertiary/aromatic N) is 1. The van der Waals surface area contributed by atoms with Crippen LogP contribution in [0.3, 0.4) is 0 Å². The Kier molecular flexibility index (Phi) is 3.76. The van der Waals surface area contributed by atoms with Crippen molar-refractivity contribution in [1.29, 1.82) is 0 Å². The number of carbonyl (C=O) groups is 1. The molecular formula is C16H22N2O3. The molecule has 21 heavy (non-hydrogen) atoms. The predicted octanol–water partition coefficient (Wildman–Crippen LogP) is 1.66. The summed E-state index contributed by atoms with van der Waals surface area (Å²) in [4.78, 5) is 14.0. The van der Waals surface area contributed by atoms with Crippen LogP contribution in [0.4, 0.5) is 5.69 Å². The number of phenolic OH excluding ortho intramolecular Hbond substituents is 1. The van der Waals surface area contributed by atoms with Crippen molar-refractivity contribution in [3.63, 3.8) is 0 Å². The number of aromatic hydroxyl groups is 1. The number of morpholine rings is 1. The van der Waals surface area contributed by atoms with Crippen LogP contribution >= 0.6 is 0 Å². The van der Waals surface area contributed by atoms with E-state index in [1.54, 1.807) is 12.1 Å². The Morgan fingerprint density at radius 3 is 2.62 bits per heavy atom. The Morgan fingerprint density at radius 2 is 2.00 bits per heavy atom. The molecule has 0 saturated carbocycles.